The number of aryl methyl sites for hydroxylation is 1. The smallest absolute Gasteiger partial charge is 0.147 e. The van der Waals surface area contributed by atoms with Crippen LogP contribution in [0.15, 0.2) is 30.7 Å². The van der Waals surface area contributed by atoms with Crippen molar-refractivity contribution in [2.24, 2.45) is 0 Å². The van der Waals surface area contributed by atoms with Gasteiger partial charge in [0.25, 0.3) is 0 Å². The lowest BCUT2D eigenvalue weighted by Crippen LogP contribution is -2.33. The van der Waals surface area contributed by atoms with Crippen LogP contribution in [-0.2, 0) is 6.54 Å². The van der Waals surface area contributed by atoms with E-state index >= 15 is 0 Å². The molecule has 0 amide bonds. The van der Waals surface area contributed by atoms with Crippen molar-refractivity contribution in [3.63, 3.8) is 0 Å². The lowest BCUT2D eigenvalue weighted by molar-refractivity contribution is 0.502. The molecular weight excluding hydrogens is 272 g/mol. The quantitative estimate of drug-likeness (QED) is 0.869. The highest BCUT2D eigenvalue weighted by Crippen LogP contribution is 2.31. The average Bonchev–Trinajstić information content (AvgIpc) is 2.97. The Labute approximate surface area is 124 Å². The molecule has 1 aliphatic heterocycles. The fraction of sp³-hybridized carbons (Fsp3) is 0.467. The molecule has 0 spiro atoms. The largest absolute Gasteiger partial charge is 0.355 e. The van der Waals surface area contributed by atoms with Crippen LogP contribution in [0.4, 0.5) is 5.82 Å². The Bertz CT molecular complexity index is 573. The van der Waals surface area contributed by atoms with Crippen LogP contribution in [0.5, 0.6) is 0 Å². The number of nitrogens with zero attached hydrogens (tertiary/aromatic N) is 4. The molecular formula is C15H19ClN4. The second kappa shape index (κ2) is 5.83. The molecule has 2 aromatic rings. The van der Waals surface area contributed by atoms with Crippen molar-refractivity contribution in [3.8, 4) is 0 Å². The van der Waals surface area contributed by atoms with Crippen LogP contribution in [0.25, 0.3) is 0 Å². The zero-order valence-electron chi connectivity index (χ0n) is 11.7. The topological polar surface area (TPSA) is 34.0 Å². The van der Waals surface area contributed by atoms with Crippen LogP contribution in [0.1, 0.15) is 31.2 Å². The van der Waals surface area contributed by atoms with Crippen LogP contribution in [0.3, 0.4) is 0 Å². The third-order valence-electron chi connectivity index (χ3n) is 3.98. The lowest BCUT2D eigenvalue weighted by atomic mass is 9.91. The number of aromatic nitrogens is 3. The maximum atomic E-state index is 6.22. The van der Waals surface area contributed by atoms with Gasteiger partial charge in [0.2, 0.25) is 0 Å². The Morgan fingerprint density at radius 3 is 2.80 bits per heavy atom. The number of piperidine rings is 1. The Kier molecular flexibility index (Phi) is 3.92. The van der Waals surface area contributed by atoms with Gasteiger partial charge in [-0.2, -0.15) is 5.10 Å². The van der Waals surface area contributed by atoms with Gasteiger partial charge in [0.15, 0.2) is 0 Å². The third kappa shape index (κ3) is 2.66. The van der Waals surface area contributed by atoms with E-state index in [9.17, 15) is 0 Å². The van der Waals surface area contributed by atoms with E-state index in [2.05, 4.69) is 28.1 Å². The first kappa shape index (κ1) is 13.4. The molecule has 3 rings (SSSR count). The van der Waals surface area contributed by atoms with Gasteiger partial charge in [-0.05, 0) is 43.4 Å². The zero-order chi connectivity index (χ0) is 13.9. The SMILES string of the molecule is CCn1cc(C2CCN(c3ncccc3Cl)CC2)cn1. The molecule has 106 valence electrons. The summed E-state index contributed by atoms with van der Waals surface area (Å²) < 4.78 is 2.00. The monoisotopic (exact) mass is 290 g/mol. The average molecular weight is 291 g/mol. The molecule has 0 aromatic carbocycles. The number of pyridine rings is 1. The highest BCUT2D eigenvalue weighted by Gasteiger charge is 2.23. The normalized spacial score (nSPS) is 16.6. The molecule has 0 radical (unpaired) electrons. The number of rotatable bonds is 3. The van der Waals surface area contributed by atoms with Crippen molar-refractivity contribution in [3.05, 3.63) is 41.3 Å². The summed E-state index contributed by atoms with van der Waals surface area (Å²) in [4.78, 5) is 6.68. The standard InChI is InChI=1S/C15H19ClN4/c1-2-20-11-13(10-18-20)12-5-8-19(9-6-12)15-14(16)4-3-7-17-15/h3-4,7,10-12H,2,5-6,8-9H2,1H3. The van der Waals surface area contributed by atoms with E-state index in [-0.39, 0.29) is 0 Å². The second-order valence-electron chi connectivity index (χ2n) is 5.20. The van der Waals surface area contributed by atoms with Gasteiger partial charge in [0.1, 0.15) is 5.82 Å². The minimum absolute atomic E-state index is 0.606. The van der Waals surface area contributed by atoms with Gasteiger partial charge in [-0.25, -0.2) is 4.98 Å². The molecule has 2 aromatic heterocycles. The Balaban J connectivity index is 1.66. The summed E-state index contributed by atoms with van der Waals surface area (Å²) in [5, 5.41) is 5.11. The molecule has 3 heterocycles. The molecule has 5 heteroatoms. The van der Waals surface area contributed by atoms with Gasteiger partial charge in [-0.15, -0.1) is 0 Å². The molecule has 0 unspecified atom stereocenters. The Morgan fingerprint density at radius 1 is 1.35 bits per heavy atom. The maximum Gasteiger partial charge on any atom is 0.147 e. The molecule has 1 fully saturated rings. The zero-order valence-corrected chi connectivity index (χ0v) is 12.4. The van der Waals surface area contributed by atoms with Crippen LogP contribution < -0.4 is 4.90 Å². The fourth-order valence-corrected chi connectivity index (χ4v) is 3.04. The van der Waals surface area contributed by atoms with Gasteiger partial charge in [-0.3, -0.25) is 4.68 Å². The number of halogens is 1. The van der Waals surface area contributed by atoms with Gasteiger partial charge in [0.05, 0.1) is 11.2 Å². The third-order valence-corrected chi connectivity index (χ3v) is 4.28. The van der Waals surface area contributed by atoms with E-state index in [1.54, 1.807) is 6.20 Å². The Hall–Kier alpha value is -1.55. The van der Waals surface area contributed by atoms with Crippen LogP contribution >= 0.6 is 11.6 Å². The molecule has 0 bridgehead atoms. The summed E-state index contributed by atoms with van der Waals surface area (Å²) in [6.07, 6.45) is 8.24. The van der Waals surface area contributed by atoms with Crippen molar-refractivity contribution >= 4 is 17.4 Å². The van der Waals surface area contributed by atoms with E-state index in [1.165, 1.54) is 5.56 Å². The highest BCUT2D eigenvalue weighted by molar-refractivity contribution is 6.32. The van der Waals surface area contributed by atoms with Crippen LogP contribution in [0.2, 0.25) is 5.02 Å². The van der Waals surface area contributed by atoms with Crippen molar-refractivity contribution in [1.82, 2.24) is 14.8 Å². The summed E-state index contributed by atoms with van der Waals surface area (Å²) in [6.45, 7) is 5.04. The van der Waals surface area contributed by atoms with E-state index in [0.717, 1.165) is 43.3 Å². The maximum absolute atomic E-state index is 6.22. The van der Waals surface area contributed by atoms with E-state index in [1.807, 2.05) is 23.0 Å². The van der Waals surface area contributed by atoms with Gasteiger partial charge in [0, 0.05) is 32.0 Å². The molecule has 0 saturated carbocycles. The molecule has 0 atom stereocenters. The number of hydrogen-bond acceptors (Lipinski definition) is 3. The minimum Gasteiger partial charge on any atom is -0.355 e. The molecule has 0 aliphatic carbocycles. The van der Waals surface area contributed by atoms with Crippen molar-refractivity contribution in [2.75, 3.05) is 18.0 Å². The van der Waals surface area contributed by atoms with E-state index < -0.39 is 0 Å². The second-order valence-corrected chi connectivity index (χ2v) is 5.61. The minimum atomic E-state index is 0.606. The van der Waals surface area contributed by atoms with Crippen molar-refractivity contribution in [2.45, 2.75) is 32.2 Å². The predicted octanol–water partition coefficient (Wildman–Crippen LogP) is 3.34. The van der Waals surface area contributed by atoms with Crippen molar-refractivity contribution < 1.29 is 0 Å². The summed E-state index contributed by atoms with van der Waals surface area (Å²) in [5.74, 6) is 1.52. The fourth-order valence-electron chi connectivity index (χ4n) is 2.80. The summed E-state index contributed by atoms with van der Waals surface area (Å²) in [5.41, 5.74) is 1.36. The van der Waals surface area contributed by atoms with Gasteiger partial charge < -0.3 is 4.90 Å². The first-order valence-corrected chi connectivity index (χ1v) is 7.53. The molecule has 1 aliphatic rings. The van der Waals surface area contributed by atoms with Gasteiger partial charge >= 0.3 is 0 Å². The Morgan fingerprint density at radius 2 is 2.15 bits per heavy atom. The van der Waals surface area contributed by atoms with Crippen LogP contribution in [-0.4, -0.2) is 27.9 Å². The molecule has 1 saturated heterocycles. The number of anilines is 1. The van der Waals surface area contributed by atoms with E-state index in [0.29, 0.717) is 5.92 Å². The summed E-state index contributed by atoms with van der Waals surface area (Å²) >= 11 is 6.22. The van der Waals surface area contributed by atoms with Crippen molar-refractivity contribution in [1.29, 1.82) is 0 Å². The number of hydrogen-bond donors (Lipinski definition) is 0. The van der Waals surface area contributed by atoms with E-state index in [4.69, 9.17) is 11.6 Å². The molecule has 0 N–H and O–H groups in total. The molecule has 20 heavy (non-hydrogen) atoms. The summed E-state index contributed by atoms with van der Waals surface area (Å²) in [6, 6.07) is 3.78. The highest BCUT2D eigenvalue weighted by atomic mass is 35.5. The van der Waals surface area contributed by atoms with Gasteiger partial charge in [-0.1, -0.05) is 11.6 Å². The first-order valence-electron chi connectivity index (χ1n) is 7.15. The lowest BCUT2D eigenvalue weighted by Gasteiger charge is -2.32. The first-order chi connectivity index (χ1) is 9.78. The van der Waals surface area contributed by atoms with Crippen LogP contribution in [0, 0.1) is 0 Å². The molecule has 4 nitrogen and oxygen atoms in total. The predicted molar refractivity (Wildman–Crippen MR) is 81.3 cm³/mol. The summed E-state index contributed by atoms with van der Waals surface area (Å²) in [7, 11) is 0.